The summed E-state index contributed by atoms with van der Waals surface area (Å²) in [6.07, 6.45) is 0. The maximum Gasteiger partial charge on any atom is 0 e. The molecule has 0 bridgehead atoms. The van der Waals surface area contributed by atoms with E-state index in [0.717, 1.165) is 11.4 Å². The molecule has 0 N–H and O–H groups in total. The Morgan fingerprint density at radius 1 is 0.947 bits per heavy atom. The maximum atomic E-state index is 7.50. The van der Waals surface area contributed by atoms with Crippen molar-refractivity contribution in [2.45, 2.75) is 0 Å². The predicted molar refractivity (Wildman–Crippen MR) is 59.1 cm³/mol. The van der Waals surface area contributed by atoms with Gasteiger partial charge < -0.3 is 39.3 Å². The summed E-state index contributed by atoms with van der Waals surface area (Å²) in [7, 11) is 7.96. The van der Waals surface area contributed by atoms with Gasteiger partial charge in [0.25, 0.3) is 0 Å². The van der Waals surface area contributed by atoms with E-state index in [2.05, 4.69) is 44.2 Å². The van der Waals surface area contributed by atoms with Crippen molar-refractivity contribution < 1.29 is 39.6 Å². The molecule has 19 heavy (non-hydrogen) atoms. The molecule has 6 heteroatoms. The van der Waals surface area contributed by atoms with Gasteiger partial charge >= 0.3 is 33.9 Å². The van der Waals surface area contributed by atoms with Crippen LogP contribution in [0.3, 0.4) is 0 Å². The van der Waals surface area contributed by atoms with Crippen LogP contribution in [0, 0.1) is 44.2 Å². The minimum atomic E-state index is 0. The molecule has 5 nitrogen and oxygen atoms in total. The summed E-state index contributed by atoms with van der Waals surface area (Å²) >= 11 is 0. The number of rotatable bonds is 1. The largest absolute Gasteiger partial charge is 0 e. The normalized spacial score (nSPS) is 6.42. The van der Waals surface area contributed by atoms with Crippen LogP contribution in [0.15, 0.2) is 0 Å². The number of nitrogens with zero attached hydrogens (tertiary/aromatic N) is 2. The van der Waals surface area contributed by atoms with Crippen LogP contribution in [0.2, 0.25) is 0 Å². The van der Waals surface area contributed by atoms with Crippen molar-refractivity contribution in [1.29, 1.82) is 0 Å². The minimum Gasteiger partial charge on any atom is 0 e. The first-order valence-corrected chi connectivity index (χ1v) is 4.35. The first kappa shape index (κ1) is 26.3. The monoisotopic (exact) mass is 342 g/mol. The summed E-state index contributed by atoms with van der Waals surface area (Å²) < 4.78 is 24.5. The summed E-state index contributed by atoms with van der Waals surface area (Å²) in [5.41, 5.74) is 0.907. The van der Waals surface area contributed by atoms with E-state index < -0.39 is 0 Å². The van der Waals surface area contributed by atoms with Gasteiger partial charge in [-0.15, -0.1) is 5.84 Å². The molecule has 0 heterocycles. The van der Waals surface area contributed by atoms with Gasteiger partial charge in [-0.1, -0.05) is 0 Å². The number of hydrogen-bond donors (Lipinski definition) is 0. The van der Waals surface area contributed by atoms with Crippen LogP contribution in [-0.2, 0) is 35.0 Å². The molecular formula is C13H12MoN2O3-4. The van der Waals surface area contributed by atoms with Crippen LogP contribution in [0.4, 0.5) is 0 Å². The maximum absolute atomic E-state index is 7.50. The fourth-order valence-electron chi connectivity index (χ4n) is 1.18. The fourth-order valence-corrected chi connectivity index (χ4v) is 1.18. The topological polar surface area (TPSA) is 65.9 Å². The molecule has 1 aromatic rings. The van der Waals surface area contributed by atoms with Gasteiger partial charge in [-0.3, -0.25) is 0 Å². The zero-order chi connectivity index (χ0) is 15.1. The average Bonchev–Trinajstić information content (AvgIpc) is 2.89. The molecule has 0 amide bonds. The molecule has 1 aromatic carbocycles. The van der Waals surface area contributed by atoms with E-state index in [-0.39, 0.29) is 21.1 Å². The second-order valence-electron chi connectivity index (χ2n) is 2.99. The van der Waals surface area contributed by atoms with Gasteiger partial charge in [0.15, 0.2) is 0 Å². The summed E-state index contributed by atoms with van der Waals surface area (Å²) in [4.78, 5) is 2.02. The first-order valence-electron chi connectivity index (χ1n) is 4.35. The predicted octanol–water partition coefficient (Wildman–Crippen LogP) is 0.0715. The molecule has 0 unspecified atom stereocenters. The summed E-state index contributed by atoms with van der Waals surface area (Å²) in [5.74, 6) is 1.06. The minimum absolute atomic E-state index is 0. The van der Waals surface area contributed by atoms with E-state index in [1.54, 1.807) is 0 Å². The van der Waals surface area contributed by atoms with Crippen molar-refractivity contribution in [3.63, 3.8) is 0 Å². The zero-order valence-electron chi connectivity index (χ0n) is 11.0. The Hall–Kier alpha value is -1.27. The molecule has 0 saturated carbocycles. The summed E-state index contributed by atoms with van der Waals surface area (Å²) in [6.45, 7) is 13.5. The smallest absolute Gasteiger partial charge is 0 e. The molecular weight excluding hydrogens is 328 g/mol. The molecule has 0 aliphatic heterocycles. The van der Waals surface area contributed by atoms with E-state index in [0.29, 0.717) is 0 Å². The SMILES string of the molecule is CN(C)C([c-]1[c-][c-][c-][c-]1)=[N+](C)C.[C-]#[O+].[C-]#[O+].[C-]#[O+].[Mo]. The van der Waals surface area contributed by atoms with Crippen LogP contribution in [0.1, 0.15) is 5.56 Å². The van der Waals surface area contributed by atoms with E-state index in [4.69, 9.17) is 14.0 Å². The van der Waals surface area contributed by atoms with Crippen molar-refractivity contribution in [2.24, 2.45) is 0 Å². The first-order chi connectivity index (χ1) is 8.63. The van der Waals surface area contributed by atoms with Gasteiger partial charge in [0.2, 0.25) is 0 Å². The Labute approximate surface area is 128 Å². The van der Waals surface area contributed by atoms with Crippen LogP contribution in [0.5, 0.6) is 0 Å². The molecule has 0 atom stereocenters. The van der Waals surface area contributed by atoms with Gasteiger partial charge in [-0.25, -0.2) is 0 Å². The Kier molecular flexibility index (Phi) is 26.4. The Morgan fingerprint density at radius 2 is 1.26 bits per heavy atom. The summed E-state index contributed by atoms with van der Waals surface area (Å²) in [6, 6.07) is 11.4. The third-order valence-corrected chi connectivity index (χ3v) is 1.51. The molecule has 0 aromatic heterocycles. The van der Waals surface area contributed by atoms with Crippen LogP contribution in [-0.4, -0.2) is 43.5 Å². The van der Waals surface area contributed by atoms with Crippen molar-refractivity contribution in [3.8, 4) is 0 Å². The van der Waals surface area contributed by atoms with Gasteiger partial charge in [0.1, 0.15) is 0 Å². The van der Waals surface area contributed by atoms with Gasteiger partial charge in [-0.2, -0.15) is 0 Å². The fraction of sp³-hybridized carbons (Fsp3) is 0.308. The Morgan fingerprint density at radius 3 is 1.47 bits per heavy atom. The average molecular weight is 340 g/mol. The van der Waals surface area contributed by atoms with Crippen molar-refractivity contribution in [1.82, 2.24) is 4.90 Å². The molecule has 0 radical (unpaired) electrons. The molecule has 1 rings (SSSR count). The Bertz CT molecular complexity index is 372. The second kappa shape index (κ2) is 19.1. The van der Waals surface area contributed by atoms with Crippen LogP contribution in [0.25, 0.3) is 0 Å². The van der Waals surface area contributed by atoms with E-state index in [1.807, 2.05) is 37.7 Å². The third-order valence-electron chi connectivity index (χ3n) is 1.51. The van der Waals surface area contributed by atoms with Gasteiger partial charge in [0.05, 0.1) is 0 Å². The zero-order valence-corrected chi connectivity index (χ0v) is 13.0. The van der Waals surface area contributed by atoms with Crippen molar-refractivity contribution in [3.05, 3.63) is 49.8 Å². The number of hydrogen-bond acceptors (Lipinski definition) is 0. The van der Waals surface area contributed by atoms with E-state index in [9.17, 15) is 0 Å². The molecule has 0 aliphatic carbocycles. The molecule has 0 spiro atoms. The van der Waals surface area contributed by atoms with Gasteiger partial charge in [0, 0.05) is 49.3 Å². The molecule has 102 valence electrons. The van der Waals surface area contributed by atoms with Crippen LogP contribution >= 0.6 is 0 Å². The summed E-state index contributed by atoms with van der Waals surface area (Å²) in [5, 5.41) is 0. The second-order valence-corrected chi connectivity index (χ2v) is 2.99. The van der Waals surface area contributed by atoms with Crippen molar-refractivity contribution >= 4 is 5.84 Å². The van der Waals surface area contributed by atoms with E-state index in [1.165, 1.54) is 0 Å². The van der Waals surface area contributed by atoms with Crippen LogP contribution < -0.4 is 0 Å². The third kappa shape index (κ3) is 11.5. The van der Waals surface area contributed by atoms with E-state index >= 15 is 0 Å². The quantitative estimate of drug-likeness (QED) is 0.178. The molecule has 0 saturated heterocycles. The Balaban J connectivity index is -0.000000142. The van der Waals surface area contributed by atoms with Gasteiger partial charge in [-0.05, 0) is 0 Å². The molecule has 0 aliphatic rings. The standard InChI is InChI=1S/C10H12N2.3CO.Mo/c1-11(2)10(12(3)4)9-7-5-6-8-9;3*1-2;/h1-4H3;;;;/q-4;;;;. The molecule has 0 fully saturated rings. The van der Waals surface area contributed by atoms with Crippen molar-refractivity contribution in [2.75, 3.05) is 28.2 Å². The number of amidine groups is 1.